The normalized spacial score (nSPS) is 19.1. The smallest absolute Gasteiger partial charge is 0.218 e. The fourth-order valence-electron chi connectivity index (χ4n) is 2.30. The minimum atomic E-state index is 0.350. The van der Waals surface area contributed by atoms with Gasteiger partial charge in [0.25, 0.3) is 0 Å². The highest BCUT2D eigenvalue weighted by Crippen LogP contribution is 2.30. The maximum absolute atomic E-state index is 5.38. The molecule has 0 aromatic carbocycles. The summed E-state index contributed by atoms with van der Waals surface area (Å²) in [6, 6.07) is 1.86. The first-order valence-corrected chi connectivity index (χ1v) is 6.98. The predicted octanol–water partition coefficient (Wildman–Crippen LogP) is 2.02. The molecule has 106 valence electrons. The van der Waals surface area contributed by atoms with E-state index in [1.54, 1.807) is 6.33 Å². The van der Waals surface area contributed by atoms with Crippen molar-refractivity contribution in [3.8, 4) is 5.88 Å². The number of hydrogen-bond donors (Lipinski definition) is 1. The highest BCUT2D eigenvalue weighted by atomic mass is 16.5. The Bertz CT molecular complexity index is 402. The summed E-state index contributed by atoms with van der Waals surface area (Å²) in [5, 5.41) is 3.42. The van der Waals surface area contributed by atoms with E-state index in [1.165, 1.54) is 25.9 Å². The second-order valence-corrected chi connectivity index (χ2v) is 5.64. The molecule has 5 nitrogen and oxygen atoms in total. The standard InChI is InChI=1S/C14H24N4O/c1-4-19-13-9-12(16-11-17-13)15-10-14(2)5-7-18(3)8-6-14/h9,11H,4-8,10H2,1-3H3,(H,15,16,17). The van der Waals surface area contributed by atoms with Crippen LogP contribution in [0.3, 0.4) is 0 Å². The van der Waals surface area contributed by atoms with E-state index in [9.17, 15) is 0 Å². The van der Waals surface area contributed by atoms with Crippen molar-refractivity contribution in [1.29, 1.82) is 0 Å². The zero-order chi connectivity index (χ0) is 13.7. The van der Waals surface area contributed by atoms with Gasteiger partial charge in [0, 0.05) is 12.6 Å². The van der Waals surface area contributed by atoms with Gasteiger partial charge in [-0.1, -0.05) is 6.92 Å². The van der Waals surface area contributed by atoms with Crippen LogP contribution >= 0.6 is 0 Å². The summed E-state index contributed by atoms with van der Waals surface area (Å²) in [5.41, 5.74) is 0.350. The van der Waals surface area contributed by atoms with E-state index in [0.29, 0.717) is 17.9 Å². The molecule has 0 saturated carbocycles. The van der Waals surface area contributed by atoms with Crippen molar-refractivity contribution in [2.45, 2.75) is 26.7 Å². The zero-order valence-electron chi connectivity index (χ0n) is 12.1. The van der Waals surface area contributed by atoms with Crippen LogP contribution in [0.1, 0.15) is 26.7 Å². The molecule has 0 atom stereocenters. The van der Waals surface area contributed by atoms with E-state index in [0.717, 1.165) is 12.4 Å². The van der Waals surface area contributed by atoms with Gasteiger partial charge < -0.3 is 15.0 Å². The third-order valence-electron chi connectivity index (χ3n) is 3.82. The number of aromatic nitrogens is 2. The number of piperidine rings is 1. The Morgan fingerprint density at radius 3 is 2.79 bits per heavy atom. The lowest BCUT2D eigenvalue weighted by Gasteiger charge is -2.38. The molecule has 1 fully saturated rings. The highest BCUT2D eigenvalue weighted by Gasteiger charge is 2.28. The molecule has 5 heteroatoms. The number of anilines is 1. The highest BCUT2D eigenvalue weighted by molar-refractivity contribution is 5.37. The molecule has 0 spiro atoms. The van der Waals surface area contributed by atoms with Crippen LogP contribution in [0.15, 0.2) is 12.4 Å². The van der Waals surface area contributed by atoms with Crippen LogP contribution < -0.4 is 10.1 Å². The number of nitrogens with one attached hydrogen (secondary N) is 1. The van der Waals surface area contributed by atoms with E-state index in [1.807, 2.05) is 13.0 Å². The fraction of sp³-hybridized carbons (Fsp3) is 0.714. The van der Waals surface area contributed by atoms with Crippen molar-refractivity contribution in [1.82, 2.24) is 14.9 Å². The van der Waals surface area contributed by atoms with Gasteiger partial charge in [-0.3, -0.25) is 0 Å². The molecule has 0 amide bonds. The van der Waals surface area contributed by atoms with Gasteiger partial charge in [-0.15, -0.1) is 0 Å². The molecule has 1 aliphatic heterocycles. The van der Waals surface area contributed by atoms with Crippen LogP contribution in [0.2, 0.25) is 0 Å². The van der Waals surface area contributed by atoms with Crippen molar-refractivity contribution >= 4 is 5.82 Å². The van der Waals surface area contributed by atoms with Gasteiger partial charge in [-0.05, 0) is 45.3 Å². The lowest BCUT2D eigenvalue weighted by Crippen LogP contribution is -2.40. The molecular formula is C14H24N4O. The summed E-state index contributed by atoms with van der Waals surface area (Å²) in [7, 11) is 2.19. The Morgan fingerprint density at radius 2 is 2.11 bits per heavy atom. The van der Waals surface area contributed by atoms with E-state index in [2.05, 4.69) is 34.2 Å². The van der Waals surface area contributed by atoms with Gasteiger partial charge in [0.2, 0.25) is 5.88 Å². The Balaban J connectivity index is 1.89. The molecule has 1 N–H and O–H groups in total. The van der Waals surface area contributed by atoms with Crippen molar-refractivity contribution in [2.24, 2.45) is 5.41 Å². The van der Waals surface area contributed by atoms with Crippen LogP contribution in [0.5, 0.6) is 5.88 Å². The monoisotopic (exact) mass is 264 g/mol. The number of likely N-dealkylation sites (tertiary alicyclic amines) is 1. The Labute approximate surface area is 115 Å². The molecule has 0 unspecified atom stereocenters. The summed E-state index contributed by atoms with van der Waals surface area (Å²) in [4.78, 5) is 10.7. The predicted molar refractivity (Wildman–Crippen MR) is 76.5 cm³/mol. The first-order valence-electron chi connectivity index (χ1n) is 6.98. The summed E-state index contributed by atoms with van der Waals surface area (Å²) in [6.45, 7) is 8.22. The summed E-state index contributed by atoms with van der Waals surface area (Å²) < 4.78 is 5.38. The SMILES string of the molecule is CCOc1cc(NCC2(C)CCN(C)CC2)ncn1. The molecule has 2 heterocycles. The van der Waals surface area contributed by atoms with Crippen molar-refractivity contribution in [3.63, 3.8) is 0 Å². The molecule has 0 bridgehead atoms. The summed E-state index contributed by atoms with van der Waals surface area (Å²) in [5.74, 6) is 1.48. The molecular weight excluding hydrogens is 240 g/mol. The molecule has 1 aromatic rings. The Hall–Kier alpha value is -1.36. The van der Waals surface area contributed by atoms with Gasteiger partial charge >= 0.3 is 0 Å². The first-order chi connectivity index (χ1) is 9.11. The minimum absolute atomic E-state index is 0.350. The van der Waals surface area contributed by atoms with E-state index in [4.69, 9.17) is 4.74 Å². The van der Waals surface area contributed by atoms with E-state index >= 15 is 0 Å². The van der Waals surface area contributed by atoms with Crippen molar-refractivity contribution in [3.05, 3.63) is 12.4 Å². The van der Waals surface area contributed by atoms with Crippen LogP contribution in [0.4, 0.5) is 5.82 Å². The maximum Gasteiger partial charge on any atom is 0.218 e. The lowest BCUT2D eigenvalue weighted by molar-refractivity contribution is 0.150. The number of hydrogen-bond acceptors (Lipinski definition) is 5. The largest absolute Gasteiger partial charge is 0.478 e. The third kappa shape index (κ3) is 4.06. The van der Waals surface area contributed by atoms with E-state index in [-0.39, 0.29) is 0 Å². The van der Waals surface area contributed by atoms with Crippen LogP contribution in [-0.2, 0) is 0 Å². The molecule has 1 aromatic heterocycles. The second kappa shape index (κ2) is 6.19. The molecule has 1 aliphatic rings. The lowest BCUT2D eigenvalue weighted by atomic mass is 9.80. The van der Waals surface area contributed by atoms with Crippen LogP contribution in [-0.4, -0.2) is 48.2 Å². The third-order valence-corrected chi connectivity index (χ3v) is 3.82. The molecule has 1 saturated heterocycles. The second-order valence-electron chi connectivity index (χ2n) is 5.64. The van der Waals surface area contributed by atoms with Gasteiger partial charge in [0.05, 0.1) is 6.61 Å². The molecule has 2 rings (SSSR count). The molecule has 0 radical (unpaired) electrons. The minimum Gasteiger partial charge on any atom is -0.478 e. The van der Waals surface area contributed by atoms with Gasteiger partial charge in [-0.25, -0.2) is 9.97 Å². The van der Waals surface area contributed by atoms with Crippen molar-refractivity contribution < 1.29 is 4.74 Å². The maximum atomic E-state index is 5.38. The number of nitrogens with zero attached hydrogens (tertiary/aromatic N) is 3. The average molecular weight is 264 g/mol. The van der Waals surface area contributed by atoms with Gasteiger partial charge in [0.1, 0.15) is 12.1 Å². The van der Waals surface area contributed by atoms with Gasteiger partial charge in [0.15, 0.2) is 0 Å². The Morgan fingerprint density at radius 1 is 1.37 bits per heavy atom. The van der Waals surface area contributed by atoms with Crippen LogP contribution in [0, 0.1) is 5.41 Å². The topological polar surface area (TPSA) is 50.3 Å². The summed E-state index contributed by atoms with van der Waals surface area (Å²) in [6.07, 6.45) is 3.99. The Kier molecular flexibility index (Phi) is 4.58. The summed E-state index contributed by atoms with van der Waals surface area (Å²) >= 11 is 0. The fourth-order valence-corrected chi connectivity index (χ4v) is 2.30. The number of rotatable bonds is 5. The van der Waals surface area contributed by atoms with Crippen molar-refractivity contribution in [2.75, 3.05) is 38.6 Å². The zero-order valence-corrected chi connectivity index (χ0v) is 12.1. The first kappa shape index (κ1) is 14.1. The van der Waals surface area contributed by atoms with Gasteiger partial charge in [-0.2, -0.15) is 0 Å². The molecule has 19 heavy (non-hydrogen) atoms. The molecule has 0 aliphatic carbocycles. The quantitative estimate of drug-likeness (QED) is 0.881. The van der Waals surface area contributed by atoms with Crippen LogP contribution in [0.25, 0.3) is 0 Å². The van der Waals surface area contributed by atoms with E-state index < -0.39 is 0 Å². The average Bonchev–Trinajstić information content (AvgIpc) is 2.41. The number of ether oxygens (including phenoxy) is 1.